The standard InChI is InChI=1S/C21H24N2O4/c1-3-26-17-5-7-18(8-6-17)27-14-21(25)22-13-20(24)16-4-9-19-15(12-16)10-11-23(19)2/h4-12,20,24H,3,13-14H2,1-2H3,(H,22,25). The lowest BCUT2D eigenvalue weighted by Crippen LogP contribution is -2.32. The second kappa shape index (κ2) is 8.60. The van der Waals surface area contributed by atoms with Crippen LogP contribution in [0.3, 0.4) is 0 Å². The van der Waals surface area contributed by atoms with E-state index in [-0.39, 0.29) is 19.1 Å². The summed E-state index contributed by atoms with van der Waals surface area (Å²) in [6.07, 6.45) is 1.20. The van der Waals surface area contributed by atoms with Gasteiger partial charge < -0.3 is 24.5 Å². The maximum absolute atomic E-state index is 12.0. The second-order valence-electron chi connectivity index (χ2n) is 6.26. The van der Waals surface area contributed by atoms with E-state index in [4.69, 9.17) is 9.47 Å². The van der Waals surface area contributed by atoms with Gasteiger partial charge in [0, 0.05) is 25.3 Å². The highest BCUT2D eigenvalue weighted by atomic mass is 16.5. The molecule has 0 bridgehead atoms. The van der Waals surface area contributed by atoms with Gasteiger partial charge in [0.05, 0.1) is 12.7 Å². The van der Waals surface area contributed by atoms with Gasteiger partial charge >= 0.3 is 0 Å². The molecule has 0 aliphatic rings. The Kier molecular flexibility index (Phi) is 5.98. The van der Waals surface area contributed by atoms with Crippen LogP contribution in [0, 0.1) is 0 Å². The van der Waals surface area contributed by atoms with Crippen molar-refractivity contribution in [3.8, 4) is 11.5 Å². The SMILES string of the molecule is CCOc1ccc(OCC(=O)NCC(O)c2ccc3c(ccn3C)c2)cc1. The first kappa shape index (κ1) is 18.8. The summed E-state index contributed by atoms with van der Waals surface area (Å²) in [4.78, 5) is 12.0. The third-order valence-electron chi connectivity index (χ3n) is 4.29. The third kappa shape index (κ3) is 4.80. The minimum absolute atomic E-state index is 0.113. The quantitative estimate of drug-likeness (QED) is 0.641. The molecule has 0 radical (unpaired) electrons. The minimum Gasteiger partial charge on any atom is -0.494 e. The number of carbonyl (C=O) groups is 1. The van der Waals surface area contributed by atoms with Gasteiger partial charge in [-0.1, -0.05) is 6.07 Å². The zero-order valence-corrected chi connectivity index (χ0v) is 15.5. The smallest absolute Gasteiger partial charge is 0.258 e. The third-order valence-corrected chi connectivity index (χ3v) is 4.29. The van der Waals surface area contributed by atoms with Gasteiger partial charge in [-0.05, 0) is 60.3 Å². The summed E-state index contributed by atoms with van der Waals surface area (Å²) in [5, 5.41) is 14.1. The molecule has 1 heterocycles. The molecule has 0 saturated heterocycles. The van der Waals surface area contributed by atoms with E-state index in [0.29, 0.717) is 12.4 Å². The number of hydrogen-bond acceptors (Lipinski definition) is 4. The van der Waals surface area contributed by atoms with Gasteiger partial charge in [-0.15, -0.1) is 0 Å². The minimum atomic E-state index is -0.774. The molecule has 0 aliphatic carbocycles. The van der Waals surface area contributed by atoms with E-state index in [9.17, 15) is 9.90 Å². The zero-order valence-electron chi connectivity index (χ0n) is 15.5. The lowest BCUT2D eigenvalue weighted by atomic mass is 10.1. The molecule has 1 atom stereocenters. The highest BCUT2D eigenvalue weighted by Crippen LogP contribution is 2.21. The van der Waals surface area contributed by atoms with Crippen LogP contribution in [0.1, 0.15) is 18.6 Å². The molecule has 0 aliphatic heterocycles. The van der Waals surface area contributed by atoms with E-state index in [2.05, 4.69) is 5.32 Å². The summed E-state index contributed by atoms with van der Waals surface area (Å²) < 4.78 is 12.8. The fourth-order valence-electron chi connectivity index (χ4n) is 2.83. The number of hydrogen-bond donors (Lipinski definition) is 2. The summed E-state index contributed by atoms with van der Waals surface area (Å²) in [5.74, 6) is 1.06. The highest BCUT2D eigenvalue weighted by Gasteiger charge is 2.11. The Balaban J connectivity index is 1.47. The molecule has 2 aromatic carbocycles. The number of aliphatic hydroxyl groups is 1. The first-order valence-electron chi connectivity index (χ1n) is 8.92. The van der Waals surface area contributed by atoms with Crippen molar-refractivity contribution in [2.24, 2.45) is 7.05 Å². The molecule has 2 N–H and O–H groups in total. The molecule has 1 unspecified atom stereocenters. The van der Waals surface area contributed by atoms with Crippen LogP contribution in [0.25, 0.3) is 10.9 Å². The van der Waals surface area contributed by atoms with Crippen LogP contribution in [-0.4, -0.2) is 35.3 Å². The van der Waals surface area contributed by atoms with Gasteiger partial charge in [0.15, 0.2) is 6.61 Å². The van der Waals surface area contributed by atoms with Gasteiger partial charge in [0.25, 0.3) is 5.91 Å². The van der Waals surface area contributed by atoms with E-state index in [1.807, 2.05) is 49.0 Å². The number of ether oxygens (including phenoxy) is 2. The van der Waals surface area contributed by atoms with Crippen molar-refractivity contribution in [2.75, 3.05) is 19.8 Å². The van der Waals surface area contributed by atoms with E-state index in [1.165, 1.54) is 0 Å². The molecule has 0 fully saturated rings. The lowest BCUT2D eigenvalue weighted by molar-refractivity contribution is -0.123. The second-order valence-corrected chi connectivity index (χ2v) is 6.26. The Labute approximate surface area is 158 Å². The van der Waals surface area contributed by atoms with Crippen molar-refractivity contribution < 1.29 is 19.4 Å². The van der Waals surface area contributed by atoms with Crippen LogP contribution in [0.5, 0.6) is 11.5 Å². The largest absolute Gasteiger partial charge is 0.494 e. The maximum Gasteiger partial charge on any atom is 0.258 e. The number of fused-ring (bicyclic) bond motifs is 1. The summed E-state index contributed by atoms with van der Waals surface area (Å²) in [5.41, 5.74) is 1.86. The number of aliphatic hydroxyl groups excluding tert-OH is 1. The van der Waals surface area contributed by atoms with Gasteiger partial charge in [0.2, 0.25) is 0 Å². The number of benzene rings is 2. The molecule has 1 aromatic heterocycles. The molecular formula is C21H24N2O4. The number of nitrogens with zero attached hydrogens (tertiary/aromatic N) is 1. The van der Waals surface area contributed by atoms with Crippen LogP contribution in [0.2, 0.25) is 0 Å². The van der Waals surface area contributed by atoms with Crippen molar-refractivity contribution in [1.29, 1.82) is 0 Å². The molecule has 27 heavy (non-hydrogen) atoms. The molecule has 6 nitrogen and oxygen atoms in total. The fraction of sp³-hybridized carbons (Fsp3) is 0.286. The van der Waals surface area contributed by atoms with E-state index in [0.717, 1.165) is 22.2 Å². The van der Waals surface area contributed by atoms with Gasteiger partial charge in [-0.2, -0.15) is 0 Å². The van der Waals surface area contributed by atoms with Crippen molar-refractivity contribution in [3.63, 3.8) is 0 Å². The van der Waals surface area contributed by atoms with Crippen molar-refractivity contribution >= 4 is 16.8 Å². The van der Waals surface area contributed by atoms with Crippen LogP contribution in [-0.2, 0) is 11.8 Å². The summed E-state index contributed by atoms with van der Waals surface area (Å²) in [6, 6.07) is 14.8. The van der Waals surface area contributed by atoms with Crippen LogP contribution < -0.4 is 14.8 Å². The Bertz CT molecular complexity index is 902. The first-order valence-corrected chi connectivity index (χ1v) is 8.92. The molecular weight excluding hydrogens is 344 g/mol. The van der Waals surface area contributed by atoms with Gasteiger partial charge in [0.1, 0.15) is 11.5 Å². The average molecular weight is 368 g/mol. The lowest BCUT2D eigenvalue weighted by Gasteiger charge is -2.13. The Hall–Kier alpha value is -2.99. The van der Waals surface area contributed by atoms with Crippen LogP contribution >= 0.6 is 0 Å². The number of rotatable bonds is 8. The fourth-order valence-corrected chi connectivity index (χ4v) is 2.83. The molecule has 0 saturated carbocycles. The van der Waals surface area contributed by atoms with E-state index < -0.39 is 6.10 Å². The molecule has 3 aromatic rings. The van der Waals surface area contributed by atoms with Gasteiger partial charge in [-0.3, -0.25) is 4.79 Å². The number of nitrogens with one attached hydrogen (secondary N) is 1. The zero-order chi connectivity index (χ0) is 19.2. The Morgan fingerprint density at radius 1 is 1.11 bits per heavy atom. The van der Waals surface area contributed by atoms with Crippen LogP contribution in [0.15, 0.2) is 54.7 Å². The Morgan fingerprint density at radius 3 is 2.52 bits per heavy atom. The predicted octanol–water partition coefficient (Wildman–Crippen LogP) is 2.81. The van der Waals surface area contributed by atoms with Crippen molar-refractivity contribution in [1.82, 2.24) is 9.88 Å². The number of carbonyl (C=O) groups excluding carboxylic acids is 1. The normalized spacial score (nSPS) is 12.0. The maximum atomic E-state index is 12.0. The summed E-state index contributed by atoms with van der Waals surface area (Å²) >= 11 is 0. The number of aromatic nitrogens is 1. The molecule has 142 valence electrons. The molecule has 0 spiro atoms. The summed E-state index contributed by atoms with van der Waals surface area (Å²) in [7, 11) is 1.98. The number of amides is 1. The van der Waals surface area contributed by atoms with E-state index >= 15 is 0 Å². The average Bonchev–Trinajstić information content (AvgIpc) is 3.06. The van der Waals surface area contributed by atoms with E-state index in [1.54, 1.807) is 24.3 Å². The van der Waals surface area contributed by atoms with Gasteiger partial charge in [-0.25, -0.2) is 0 Å². The summed E-state index contributed by atoms with van der Waals surface area (Å²) in [6.45, 7) is 2.53. The predicted molar refractivity (Wildman–Crippen MR) is 104 cm³/mol. The highest BCUT2D eigenvalue weighted by molar-refractivity contribution is 5.81. The molecule has 1 amide bonds. The van der Waals surface area contributed by atoms with Crippen molar-refractivity contribution in [3.05, 3.63) is 60.3 Å². The molecule has 3 rings (SSSR count). The molecule has 6 heteroatoms. The van der Waals surface area contributed by atoms with Crippen LogP contribution in [0.4, 0.5) is 0 Å². The number of aryl methyl sites for hydroxylation is 1. The van der Waals surface area contributed by atoms with Crippen molar-refractivity contribution in [2.45, 2.75) is 13.0 Å². The Morgan fingerprint density at radius 2 is 1.81 bits per heavy atom. The topological polar surface area (TPSA) is 72.7 Å². The first-order chi connectivity index (χ1) is 13.1. The monoisotopic (exact) mass is 368 g/mol.